The molecule has 0 bridgehead atoms. The van der Waals surface area contributed by atoms with Crippen molar-refractivity contribution in [3.63, 3.8) is 0 Å². The Morgan fingerprint density at radius 3 is 2.13 bits per heavy atom. The second-order valence-corrected chi connectivity index (χ2v) is 5.83. The van der Waals surface area contributed by atoms with Crippen molar-refractivity contribution in [3.05, 3.63) is 12.2 Å². The number of rotatable bonds is 3. The van der Waals surface area contributed by atoms with Crippen molar-refractivity contribution in [2.45, 2.75) is 53.1 Å². The molecule has 3 unspecified atom stereocenters. The van der Waals surface area contributed by atoms with Crippen molar-refractivity contribution in [1.82, 2.24) is 0 Å². The van der Waals surface area contributed by atoms with E-state index in [1.54, 1.807) is 0 Å². The first kappa shape index (κ1) is 12.8. The summed E-state index contributed by atoms with van der Waals surface area (Å²) >= 11 is 0. The van der Waals surface area contributed by atoms with Crippen LogP contribution in [-0.4, -0.2) is 10.7 Å². The van der Waals surface area contributed by atoms with Gasteiger partial charge in [0.1, 0.15) is 0 Å². The largest absolute Gasteiger partial charge is 0.386 e. The molecule has 0 saturated carbocycles. The van der Waals surface area contributed by atoms with Crippen LogP contribution in [0, 0.1) is 23.7 Å². The van der Waals surface area contributed by atoms with Crippen molar-refractivity contribution in [1.29, 1.82) is 0 Å². The van der Waals surface area contributed by atoms with Crippen LogP contribution in [0.5, 0.6) is 0 Å². The third kappa shape index (κ3) is 2.84. The molecule has 0 amide bonds. The summed E-state index contributed by atoms with van der Waals surface area (Å²) in [6, 6.07) is 0. The summed E-state index contributed by atoms with van der Waals surface area (Å²) in [7, 11) is 0. The zero-order valence-electron chi connectivity index (χ0n) is 10.8. The Balaban J connectivity index is 2.71. The standard InChI is InChI=1S/C14H26O/c1-10(2)12(5)14(15)8-6-13(7-9-14)11(3)4/h6,8,10-13,15H,7,9H2,1-5H3. The molecule has 1 heteroatoms. The van der Waals surface area contributed by atoms with Gasteiger partial charge < -0.3 is 5.11 Å². The van der Waals surface area contributed by atoms with E-state index in [1.165, 1.54) is 0 Å². The fraction of sp³-hybridized carbons (Fsp3) is 0.857. The van der Waals surface area contributed by atoms with Crippen LogP contribution in [0.1, 0.15) is 47.5 Å². The predicted molar refractivity (Wildman–Crippen MR) is 65.7 cm³/mol. The minimum absolute atomic E-state index is 0.349. The molecule has 0 aliphatic heterocycles. The predicted octanol–water partition coefficient (Wildman–Crippen LogP) is 3.63. The molecule has 0 saturated heterocycles. The quantitative estimate of drug-likeness (QED) is 0.705. The highest BCUT2D eigenvalue weighted by molar-refractivity contribution is 5.10. The molecule has 1 N–H and O–H groups in total. The van der Waals surface area contributed by atoms with Gasteiger partial charge in [-0.2, -0.15) is 0 Å². The van der Waals surface area contributed by atoms with Gasteiger partial charge in [0.25, 0.3) is 0 Å². The van der Waals surface area contributed by atoms with E-state index in [9.17, 15) is 5.11 Å². The van der Waals surface area contributed by atoms with Gasteiger partial charge in [0.05, 0.1) is 5.60 Å². The highest BCUT2D eigenvalue weighted by Crippen LogP contribution is 2.37. The zero-order valence-corrected chi connectivity index (χ0v) is 10.8. The van der Waals surface area contributed by atoms with E-state index in [1.807, 2.05) is 0 Å². The minimum atomic E-state index is -0.556. The Labute approximate surface area is 94.6 Å². The summed E-state index contributed by atoms with van der Waals surface area (Å²) in [5.41, 5.74) is -0.556. The summed E-state index contributed by atoms with van der Waals surface area (Å²) < 4.78 is 0. The average molecular weight is 210 g/mol. The van der Waals surface area contributed by atoms with Crippen molar-refractivity contribution in [2.24, 2.45) is 23.7 Å². The molecule has 88 valence electrons. The van der Waals surface area contributed by atoms with E-state index in [0.29, 0.717) is 23.7 Å². The Morgan fingerprint density at radius 2 is 1.80 bits per heavy atom. The van der Waals surface area contributed by atoms with Crippen LogP contribution >= 0.6 is 0 Å². The maximum Gasteiger partial charge on any atom is 0.0855 e. The molecule has 15 heavy (non-hydrogen) atoms. The molecule has 0 radical (unpaired) electrons. The van der Waals surface area contributed by atoms with Crippen LogP contribution in [-0.2, 0) is 0 Å². The van der Waals surface area contributed by atoms with Gasteiger partial charge in [-0.05, 0) is 36.5 Å². The number of allylic oxidation sites excluding steroid dienone is 1. The maximum absolute atomic E-state index is 10.5. The topological polar surface area (TPSA) is 20.2 Å². The van der Waals surface area contributed by atoms with E-state index >= 15 is 0 Å². The summed E-state index contributed by atoms with van der Waals surface area (Å²) in [4.78, 5) is 0. The SMILES string of the molecule is CC(C)C1C=CC(O)(C(C)C(C)C)CC1. The van der Waals surface area contributed by atoms with Crippen molar-refractivity contribution >= 4 is 0 Å². The average Bonchev–Trinajstić information content (AvgIpc) is 2.17. The lowest BCUT2D eigenvalue weighted by Gasteiger charge is -2.38. The third-order valence-electron chi connectivity index (χ3n) is 4.15. The van der Waals surface area contributed by atoms with Crippen molar-refractivity contribution < 1.29 is 5.11 Å². The van der Waals surface area contributed by atoms with Crippen LogP contribution in [0.2, 0.25) is 0 Å². The molecule has 1 aliphatic carbocycles. The van der Waals surface area contributed by atoms with Crippen LogP contribution in [0.25, 0.3) is 0 Å². The minimum Gasteiger partial charge on any atom is -0.386 e. The van der Waals surface area contributed by atoms with Crippen LogP contribution < -0.4 is 0 Å². The Morgan fingerprint density at radius 1 is 1.20 bits per heavy atom. The highest BCUT2D eigenvalue weighted by Gasteiger charge is 2.35. The molecule has 0 aromatic rings. The molecule has 1 nitrogen and oxygen atoms in total. The van der Waals surface area contributed by atoms with Crippen LogP contribution in [0.3, 0.4) is 0 Å². The van der Waals surface area contributed by atoms with E-state index in [2.05, 4.69) is 46.8 Å². The normalized spacial score (nSPS) is 33.7. The summed E-state index contributed by atoms with van der Waals surface area (Å²) in [5.74, 6) is 2.24. The van der Waals surface area contributed by atoms with E-state index < -0.39 is 5.60 Å². The molecule has 0 heterocycles. The van der Waals surface area contributed by atoms with Crippen molar-refractivity contribution in [3.8, 4) is 0 Å². The summed E-state index contributed by atoms with van der Waals surface area (Å²) in [5, 5.41) is 10.5. The van der Waals surface area contributed by atoms with Crippen molar-refractivity contribution in [2.75, 3.05) is 0 Å². The first-order valence-electron chi connectivity index (χ1n) is 6.28. The first-order chi connectivity index (χ1) is 6.87. The second-order valence-electron chi connectivity index (χ2n) is 5.83. The van der Waals surface area contributed by atoms with Crippen LogP contribution in [0.4, 0.5) is 0 Å². The Bertz CT molecular complexity index is 229. The van der Waals surface area contributed by atoms with Gasteiger partial charge in [-0.15, -0.1) is 0 Å². The number of aliphatic hydroxyl groups is 1. The monoisotopic (exact) mass is 210 g/mol. The lowest BCUT2D eigenvalue weighted by molar-refractivity contribution is -0.00337. The zero-order chi connectivity index (χ0) is 11.6. The molecule has 0 aromatic heterocycles. The van der Waals surface area contributed by atoms with Gasteiger partial charge in [0.2, 0.25) is 0 Å². The number of hydrogen-bond donors (Lipinski definition) is 1. The second kappa shape index (κ2) is 4.69. The van der Waals surface area contributed by atoms with Gasteiger partial charge in [0, 0.05) is 0 Å². The molecule has 1 rings (SSSR count). The Hall–Kier alpha value is -0.300. The highest BCUT2D eigenvalue weighted by atomic mass is 16.3. The molecule has 0 fully saturated rings. The van der Waals surface area contributed by atoms with Gasteiger partial charge in [-0.25, -0.2) is 0 Å². The molecule has 0 spiro atoms. The van der Waals surface area contributed by atoms with E-state index in [4.69, 9.17) is 0 Å². The fourth-order valence-corrected chi connectivity index (χ4v) is 2.38. The van der Waals surface area contributed by atoms with Gasteiger partial charge in [-0.3, -0.25) is 0 Å². The Kier molecular flexibility index (Phi) is 3.99. The van der Waals surface area contributed by atoms with Crippen LogP contribution in [0.15, 0.2) is 12.2 Å². The summed E-state index contributed by atoms with van der Waals surface area (Å²) in [6.07, 6.45) is 6.34. The molecule has 1 aliphatic rings. The lowest BCUT2D eigenvalue weighted by atomic mass is 9.72. The third-order valence-corrected chi connectivity index (χ3v) is 4.15. The van der Waals surface area contributed by atoms with Gasteiger partial charge in [-0.1, -0.05) is 46.8 Å². The fourth-order valence-electron chi connectivity index (χ4n) is 2.38. The maximum atomic E-state index is 10.5. The van der Waals surface area contributed by atoms with E-state index in [0.717, 1.165) is 12.8 Å². The smallest absolute Gasteiger partial charge is 0.0855 e. The van der Waals surface area contributed by atoms with E-state index in [-0.39, 0.29) is 0 Å². The lowest BCUT2D eigenvalue weighted by Crippen LogP contribution is -2.39. The molecule has 0 aromatic carbocycles. The summed E-state index contributed by atoms with van der Waals surface area (Å²) in [6.45, 7) is 11.0. The molecule has 3 atom stereocenters. The number of hydrogen-bond acceptors (Lipinski definition) is 1. The first-order valence-corrected chi connectivity index (χ1v) is 6.28. The molecular formula is C14H26O. The molecular weight excluding hydrogens is 184 g/mol. The van der Waals surface area contributed by atoms with Gasteiger partial charge >= 0.3 is 0 Å². The van der Waals surface area contributed by atoms with Gasteiger partial charge in [0.15, 0.2) is 0 Å².